The van der Waals surface area contributed by atoms with Crippen molar-refractivity contribution in [3.63, 3.8) is 0 Å². The lowest BCUT2D eigenvalue weighted by Crippen LogP contribution is -2.41. The van der Waals surface area contributed by atoms with E-state index in [0.717, 1.165) is 24.2 Å². The van der Waals surface area contributed by atoms with Crippen LogP contribution < -0.4 is 0 Å². The Morgan fingerprint density at radius 3 is 2.07 bits per heavy atom. The van der Waals surface area contributed by atoms with Crippen LogP contribution in [0.3, 0.4) is 0 Å². The molecule has 0 aromatic carbocycles. The molecule has 0 heterocycles. The molecule has 0 aromatic rings. The molecule has 0 radical (unpaired) electrons. The van der Waals surface area contributed by atoms with Crippen molar-refractivity contribution >= 4 is 0 Å². The predicted molar refractivity (Wildman–Crippen MR) is 136 cm³/mol. The second kappa shape index (κ2) is 11.4. The van der Waals surface area contributed by atoms with Crippen molar-refractivity contribution in [3.8, 4) is 0 Å². The van der Waals surface area contributed by atoms with E-state index < -0.39 is 0 Å². The summed E-state index contributed by atoms with van der Waals surface area (Å²) in [6, 6.07) is 0. The number of rotatable bonds is 9. The van der Waals surface area contributed by atoms with E-state index in [0.29, 0.717) is 5.41 Å². The molecule has 0 aliphatic heterocycles. The molecule has 0 heteroatoms. The minimum absolute atomic E-state index is 0.387. The molecule has 0 nitrogen and oxygen atoms in total. The number of hydrogen-bond acceptors (Lipinski definition) is 0. The average molecular weight is 409 g/mol. The van der Waals surface area contributed by atoms with Crippen LogP contribution in [0.15, 0.2) is 58.2 Å². The first-order valence-electron chi connectivity index (χ1n) is 12.3. The molecule has 0 N–H and O–H groups in total. The Hall–Kier alpha value is -1.30. The molecule has 30 heavy (non-hydrogen) atoms. The smallest absolute Gasteiger partial charge is 0.00752 e. The first-order valence-corrected chi connectivity index (χ1v) is 12.3. The summed E-state index contributed by atoms with van der Waals surface area (Å²) in [4.78, 5) is 0. The van der Waals surface area contributed by atoms with Gasteiger partial charge in [0.1, 0.15) is 0 Å². The van der Waals surface area contributed by atoms with E-state index in [1.807, 2.05) is 0 Å². The monoisotopic (exact) mass is 408 g/mol. The molecule has 1 fully saturated rings. The van der Waals surface area contributed by atoms with Gasteiger partial charge in [-0.25, -0.2) is 0 Å². The Labute approximate surface area is 188 Å². The van der Waals surface area contributed by atoms with E-state index in [1.54, 1.807) is 5.57 Å². The summed E-state index contributed by atoms with van der Waals surface area (Å²) in [5, 5.41) is 0. The Morgan fingerprint density at radius 1 is 0.833 bits per heavy atom. The standard InChI is InChI=1S/C30H48/c1-22(2)10-9-11-29-27(15-13-24(5)6)20-30(17-16-25(7)8)19-26(14-12-23(3)4)18-28(29)21-30/h10,12-13,16,19,27-29H,9,11,14-15,17-18,20-21H2,1-8H3. The topological polar surface area (TPSA) is 0 Å². The minimum Gasteiger partial charge on any atom is -0.0859 e. The zero-order valence-electron chi connectivity index (χ0n) is 21.3. The fourth-order valence-corrected chi connectivity index (χ4v) is 5.78. The predicted octanol–water partition coefficient (Wildman–Crippen LogP) is 9.76. The maximum atomic E-state index is 2.74. The van der Waals surface area contributed by atoms with Gasteiger partial charge in [0.05, 0.1) is 0 Å². The maximum Gasteiger partial charge on any atom is -0.00752 e. The lowest BCUT2D eigenvalue weighted by molar-refractivity contribution is 0.0479. The van der Waals surface area contributed by atoms with Crippen molar-refractivity contribution in [1.29, 1.82) is 0 Å². The van der Waals surface area contributed by atoms with Gasteiger partial charge >= 0.3 is 0 Å². The van der Waals surface area contributed by atoms with E-state index in [4.69, 9.17) is 0 Å². The maximum absolute atomic E-state index is 2.74. The van der Waals surface area contributed by atoms with Gasteiger partial charge in [0.15, 0.2) is 0 Å². The molecule has 4 unspecified atom stereocenters. The molecule has 168 valence electrons. The van der Waals surface area contributed by atoms with Crippen LogP contribution in [0.25, 0.3) is 0 Å². The van der Waals surface area contributed by atoms with Crippen molar-refractivity contribution in [1.82, 2.24) is 0 Å². The largest absolute Gasteiger partial charge is 0.0859 e. The van der Waals surface area contributed by atoms with Gasteiger partial charge < -0.3 is 0 Å². The molecule has 2 aliphatic carbocycles. The SMILES string of the molecule is CC(C)=CCCC1C(CC=C(C)C)CC2(CC=C(C)C)C=C(CC=C(C)C)CC1C2. The Morgan fingerprint density at radius 2 is 1.47 bits per heavy atom. The highest BCUT2D eigenvalue weighted by Crippen LogP contribution is 2.56. The summed E-state index contributed by atoms with van der Waals surface area (Å²) >= 11 is 0. The van der Waals surface area contributed by atoms with E-state index in [9.17, 15) is 0 Å². The third-order valence-corrected chi connectivity index (χ3v) is 7.15. The Balaban J connectivity index is 2.36. The van der Waals surface area contributed by atoms with Crippen molar-refractivity contribution in [2.24, 2.45) is 23.2 Å². The molecule has 0 spiro atoms. The Kier molecular flexibility index (Phi) is 9.45. The summed E-state index contributed by atoms with van der Waals surface area (Å²) in [5.74, 6) is 2.55. The highest BCUT2D eigenvalue weighted by molar-refractivity contribution is 5.23. The molecule has 1 saturated carbocycles. The summed E-state index contributed by atoms with van der Waals surface area (Å²) in [5.41, 5.74) is 7.97. The Bertz CT molecular complexity index is 707. The summed E-state index contributed by atoms with van der Waals surface area (Å²) in [6.45, 7) is 18.0. The van der Waals surface area contributed by atoms with Gasteiger partial charge in [-0.05, 0) is 130 Å². The van der Waals surface area contributed by atoms with Gasteiger partial charge in [-0.3, -0.25) is 0 Å². The molecular weight excluding hydrogens is 360 g/mol. The van der Waals surface area contributed by atoms with Crippen molar-refractivity contribution in [2.45, 2.75) is 107 Å². The molecule has 2 bridgehead atoms. The molecule has 0 saturated heterocycles. The number of fused-ring (bicyclic) bond motifs is 2. The van der Waals surface area contributed by atoms with Gasteiger partial charge in [0, 0.05) is 0 Å². The van der Waals surface area contributed by atoms with Crippen molar-refractivity contribution in [2.75, 3.05) is 0 Å². The molecule has 0 amide bonds. The highest BCUT2D eigenvalue weighted by Gasteiger charge is 2.46. The normalized spacial score (nSPS) is 27.6. The molecule has 2 aliphatic rings. The van der Waals surface area contributed by atoms with Gasteiger partial charge in [-0.2, -0.15) is 0 Å². The number of allylic oxidation sites excluding steroid dienone is 10. The van der Waals surface area contributed by atoms with Crippen LogP contribution in [0.5, 0.6) is 0 Å². The third kappa shape index (κ3) is 7.75. The van der Waals surface area contributed by atoms with Crippen molar-refractivity contribution in [3.05, 3.63) is 58.2 Å². The second-order valence-electron chi connectivity index (χ2n) is 11.3. The van der Waals surface area contributed by atoms with Crippen LogP contribution in [-0.4, -0.2) is 0 Å². The fraction of sp³-hybridized carbons (Fsp3) is 0.667. The van der Waals surface area contributed by atoms with Crippen LogP contribution in [0.4, 0.5) is 0 Å². The second-order valence-corrected chi connectivity index (χ2v) is 11.3. The first kappa shape index (κ1) is 25.0. The lowest BCUT2D eigenvalue weighted by Gasteiger charge is -2.51. The zero-order chi connectivity index (χ0) is 22.3. The van der Waals surface area contributed by atoms with Gasteiger partial charge in [0.2, 0.25) is 0 Å². The van der Waals surface area contributed by atoms with Crippen molar-refractivity contribution < 1.29 is 0 Å². The fourth-order valence-electron chi connectivity index (χ4n) is 5.78. The quantitative estimate of drug-likeness (QED) is 0.333. The summed E-state index contributed by atoms with van der Waals surface area (Å²) in [6.07, 6.45) is 23.1. The van der Waals surface area contributed by atoms with Crippen LogP contribution in [0.2, 0.25) is 0 Å². The third-order valence-electron chi connectivity index (χ3n) is 7.15. The molecule has 4 atom stereocenters. The van der Waals surface area contributed by atoms with Gasteiger partial charge in [-0.1, -0.05) is 58.2 Å². The summed E-state index contributed by atoms with van der Waals surface area (Å²) in [7, 11) is 0. The first-order chi connectivity index (χ1) is 14.1. The van der Waals surface area contributed by atoms with E-state index in [1.165, 1.54) is 67.2 Å². The highest BCUT2D eigenvalue weighted by atomic mass is 14.5. The minimum atomic E-state index is 0.387. The zero-order valence-corrected chi connectivity index (χ0v) is 21.3. The molecule has 2 rings (SSSR count). The molecule has 0 aromatic heterocycles. The van der Waals surface area contributed by atoms with Gasteiger partial charge in [-0.15, -0.1) is 0 Å². The van der Waals surface area contributed by atoms with Gasteiger partial charge in [0.25, 0.3) is 0 Å². The van der Waals surface area contributed by atoms with Crippen LogP contribution in [0, 0.1) is 23.2 Å². The van der Waals surface area contributed by atoms with E-state index >= 15 is 0 Å². The van der Waals surface area contributed by atoms with E-state index in [-0.39, 0.29) is 0 Å². The van der Waals surface area contributed by atoms with Crippen LogP contribution >= 0.6 is 0 Å². The van der Waals surface area contributed by atoms with Crippen LogP contribution in [0.1, 0.15) is 107 Å². The van der Waals surface area contributed by atoms with Crippen LogP contribution in [-0.2, 0) is 0 Å². The lowest BCUT2D eigenvalue weighted by atomic mass is 9.53. The average Bonchev–Trinajstić information content (AvgIpc) is 2.64. The molecular formula is C30H48. The van der Waals surface area contributed by atoms with E-state index in [2.05, 4.69) is 85.8 Å². The summed E-state index contributed by atoms with van der Waals surface area (Å²) < 4.78 is 0. The number of hydrogen-bond donors (Lipinski definition) is 0.